The second kappa shape index (κ2) is 9.52. The third kappa shape index (κ3) is 5.77. The number of carbonyl (C=O) groups excluding carboxylic acids is 1. The van der Waals surface area contributed by atoms with E-state index in [1.165, 1.54) is 6.08 Å². The molecule has 0 saturated carbocycles. The van der Waals surface area contributed by atoms with Crippen molar-refractivity contribution < 1.29 is 14.1 Å². The van der Waals surface area contributed by atoms with Gasteiger partial charge in [-0.05, 0) is 24.5 Å². The third-order valence-corrected chi connectivity index (χ3v) is 4.51. The lowest BCUT2D eigenvalue weighted by molar-refractivity contribution is -0.139. The molecule has 0 unspecified atom stereocenters. The van der Waals surface area contributed by atoms with Crippen molar-refractivity contribution in [1.82, 2.24) is 19.9 Å². The van der Waals surface area contributed by atoms with Crippen LogP contribution in [0.3, 0.4) is 0 Å². The number of halogens is 1. The Morgan fingerprint density at radius 3 is 2.79 bits per heavy atom. The summed E-state index contributed by atoms with van der Waals surface area (Å²) < 4.78 is 11.9. The first-order chi connectivity index (χ1) is 13.9. The first kappa shape index (κ1) is 20.8. The van der Waals surface area contributed by atoms with Crippen LogP contribution in [0.15, 0.2) is 40.9 Å². The number of nitrogens with zero attached hydrogens (tertiary/aromatic N) is 4. The zero-order chi connectivity index (χ0) is 20.8. The van der Waals surface area contributed by atoms with Crippen molar-refractivity contribution in [3.05, 3.63) is 70.1 Å². The van der Waals surface area contributed by atoms with Crippen LogP contribution in [0.2, 0.25) is 5.15 Å². The highest BCUT2D eigenvalue weighted by Gasteiger charge is 2.13. The zero-order valence-electron chi connectivity index (χ0n) is 16.6. The Kier molecular flexibility index (Phi) is 6.82. The van der Waals surface area contributed by atoms with Crippen molar-refractivity contribution in [2.75, 3.05) is 0 Å². The molecule has 3 aromatic rings. The van der Waals surface area contributed by atoms with E-state index in [1.54, 1.807) is 10.8 Å². The van der Waals surface area contributed by atoms with Gasteiger partial charge in [0.15, 0.2) is 12.4 Å². The maximum atomic E-state index is 12.0. The molecule has 0 N–H and O–H groups in total. The predicted octanol–water partition coefficient (Wildman–Crippen LogP) is 4.23. The van der Waals surface area contributed by atoms with Crippen LogP contribution in [0.5, 0.6) is 0 Å². The first-order valence-electron chi connectivity index (χ1n) is 9.35. The molecule has 2 heterocycles. The van der Waals surface area contributed by atoms with Gasteiger partial charge in [-0.2, -0.15) is 10.1 Å². The number of aromatic nitrogens is 4. The summed E-state index contributed by atoms with van der Waals surface area (Å²) in [7, 11) is 0. The fraction of sp³-hybridized carbons (Fsp3) is 0.333. The number of rotatable bonds is 8. The molecule has 29 heavy (non-hydrogen) atoms. The Morgan fingerprint density at radius 2 is 2.07 bits per heavy atom. The van der Waals surface area contributed by atoms with Gasteiger partial charge >= 0.3 is 5.97 Å². The lowest BCUT2D eigenvalue weighted by Crippen LogP contribution is -2.02. The maximum Gasteiger partial charge on any atom is 0.331 e. The van der Waals surface area contributed by atoms with E-state index in [2.05, 4.69) is 29.1 Å². The largest absolute Gasteiger partial charge is 0.452 e. The fourth-order valence-electron chi connectivity index (χ4n) is 2.75. The summed E-state index contributed by atoms with van der Waals surface area (Å²) in [5.74, 6) is 0.767. The molecule has 8 heteroatoms. The number of ether oxygens (including phenoxy) is 1. The number of benzene rings is 1. The SMILES string of the molecule is Cc1nn(Cc2ccccc2)c(Cl)c1/C=C/C(=O)OCc1nc(CC(C)C)no1. The van der Waals surface area contributed by atoms with E-state index in [9.17, 15) is 4.79 Å². The number of esters is 1. The topological polar surface area (TPSA) is 83.0 Å². The van der Waals surface area contributed by atoms with Crippen molar-refractivity contribution in [1.29, 1.82) is 0 Å². The molecule has 0 amide bonds. The molecule has 0 aliphatic rings. The molecular formula is C21H23ClN4O3. The Bertz CT molecular complexity index is 993. The van der Waals surface area contributed by atoms with Crippen molar-refractivity contribution >= 4 is 23.6 Å². The van der Waals surface area contributed by atoms with Crippen LogP contribution in [0.25, 0.3) is 6.08 Å². The molecule has 3 rings (SSSR count). The Morgan fingerprint density at radius 1 is 1.31 bits per heavy atom. The summed E-state index contributed by atoms with van der Waals surface area (Å²) in [6.45, 7) is 6.45. The number of hydrogen-bond donors (Lipinski definition) is 0. The van der Waals surface area contributed by atoms with Gasteiger partial charge in [0.1, 0.15) is 5.15 Å². The van der Waals surface area contributed by atoms with E-state index in [0.29, 0.717) is 35.4 Å². The molecular weight excluding hydrogens is 392 g/mol. The summed E-state index contributed by atoms with van der Waals surface area (Å²) in [6, 6.07) is 9.89. The van der Waals surface area contributed by atoms with Crippen LogP contribution >= 0.6 is 11.6 Å². The fourth-order valence-corrected chi connectivity index (χ4v) is 3.04. The molecule has 2 aromatic heterocycles. The molecule has 0 saturated heterocycles. The highest BCUT2D eigenvalue weighted by molar-refractivity contribution is 6.31. The number of hydrogen-bond acceptors (Lipinski definition) is 6. The Hall–Kier alpha value is -2.93. The summed E-state index contributed by atoms with van der Waals surface area (Å²) in [5.41, 5.74) is 2.49. The average molecular weight is 415 g/mol. The van der Waals surface area contributed by atoms with Crippen molar-refractivity contribution in [3.8, 4) is 0 Å². The minimum Gasteiger partial charge on any atom is -0.452 e. The van der Waals surface area contributed by atoms with E-state index in [-0.39, 0.29) is 12.5 Å². The van der Waals surface area contributed by atoms with Crippen LogP contribution < -0.4 is 0 Å². The van der Waals surface area contributed by atoms with Crippen LogP contribution in [0.1, 0.15) is 42.4 Å². The van der Waals surface area contributed by atoms with Gasteiger partial charge in [0.25, 0.3) is 5.89 Å². The minimum atomic E-state index is -0.528. The van der Waals surface area contributed by atoms with Gasteiger partial charge in [-0.25, -0.2) is 9.48 Å². The molecule has 0 radical (unpaired) electrons. The lowest BCUT2D eigenvalue weighted by Gasteiger charge is -2.03. The second-order valence-corrected chi connectivity index (χ2v) is 7.43. The van der Waals surface area contributed by atoms with E-state index < -0.39 is 5.97 Å². The smallest absolute Gasteiger partial charge is 0.331 e. The maximum absolute atomic E-state index is 12.0. The molecule has 152 valence electrons. The summed E-state index contributed by atoms with van der Waals surface area (Å²) in [4.78, 5) is 16.2. The first-order valence-corrected chi connectivity index (χ1v) is 9.73. The molecule has 0 spiro atoms. The Labute approximate surface area is 174 Å². The van der Waals surface area contributed by atoms with Gasteiger partial charge in [0.05, 0.1) is 12.2 Å². The molecule has 7 nitrogen and oxygen atoms in total. The van der Waals surface area contributed by atoms with Crippen LogP contribution in [0.4, 0.5) is 0 Å². The van der Waals surface area contributed by atoms with Crippen molar-refractivity contribution in [3.63, 3.8) is 0 Å². The Balaban J connectivity index is 1.59. The molecule has 1 aromatic carbocycles. The number of carbonyl (C=O) groups is 1. The van der Waals surface area contributed by atoms with Crippen molar-refractivity contribution in [2.45, 2.75) is 40.3 Å². The monoisotopic (exact) mass is 414 g/mol. The van der Waals surface area contributed by atoms with E-state index in [0.717, 1.165) is 11.3 Å². The highest BCUT2D eigenvalue weighted by Crippen LogP contribution is 2.22. The normalized spacial score (nSPS) is 11.5. The van der Waals surface area contributed by atoms with Gasteiger partial charge in [-0.15, -0.1) is 0 Å². The summed E-state index contributed by atoms with van der Waals surface area (Å²) >= 11 is 6.44. The van der Waals surface area contributed by atoms with Crippen LogP contribution in [-0.4, -0.2) is 25.9 Å². The highest BCUT2D eigenvalue weighted by atomic mass is 35.5. The van der Waals surface area contributed by atoms with Gasteiger partial charge in [-0.1, -0.05) is 60.9 Å². The molecule has 0 fully saturated rings. The standard InChI is InChI=1S/C21H23ClN4O3/c1-14(2)11-18-23-19(29-25-18)13-28-20(27)10-9-17-15(3)24-26(21(17)22)12-16-7-5-4-6-8-16/h4-10,14H,11-13H2,1-3H3/b10-9+. The third-order valence-electron chi connectivity index (χ3n) is 4.11. The zero-order valence-corrected chi connectivity index (χ0v) is 17.4. The quantitative estimate of drug-likeness (QED) is 0.405. The van der Waals surface area contributed by atoms with Crippen molar-refractivity contribution in [2.24, 2.45) is 5.92 Å². The molecule has 0 aliphatic heterocycles. The van der Waals surface area contributed by atoms with E-state index in [4.69, 9.17) is 20.9 Å². The summed E-state index contributed by atoms with van der Waals surface area (Å²) in [5, 5.41) is 8.78. The number of aryl methyl sites for hydroxylation is 1. The molecule has 0 atom stereocenters. The van der Waals surface area contributed by atoms with E-state index in [1.807, 2.05) is 37.3 Å². The van der Waals surface area contributed by atoms with Crippen LogP contribution in [-0.2, 0) is 29.1 Å². The minimum absolute atomic E-state index is 0.0751. The summed E-state index contributed by atoms with van der Waals surface area (Å²) in [6.07, 6.45) is 3.63. The van der Waals surface area contributed by atoms with Gasteiger partial charge in [0, 0.05) is 18.1 Å². The van der Waals surface area contributed by atoms with Gasteiger partial charge < -0.3 is 9.26 Å². The molecule has 0 bridgehead atoms. The predicted molar refractivity (Wildman–Crippen MR) is 109 cm³/mol. The second-order valence-electron chi connectivity index (χ2n) is 7.08. The molecule has 0 aliphatic carbocycles. The van der Waals surface area contributed by atoms with E-state index >= 15 is 0 Å². The lowest BCUT2D eigenvalue weighted by atomic mass is 10.1. The van der Waals surface area contributed by atoms with Gasteiger partial charge in [-0.3, -0.25) is 0 Å². The van der Waals surface area contributed by atoms with Crippen LogP contribution in [0, 0.1) is 12.8 Å². The van der Waals surface area contributed by atoms with Gasteiger partial charge in [0.2, 0.25) is 0 Å². The average Bonchev–Trinajstić information content (AvgIpc) is 3.23.